The molecule has 0 aliphatic heterocycles. The van der Waals surface area contributed by atoms with Crippen LogP contribution in [0, 0.1) is 0 Å². The van der Waals surface area contributed by atoms with Crippen LogP contribution in [0.25, 0.3) is 0 Å². The van der Waals surface area contributed by atoms with Crippen molar-refractivity contribution in [3.8, 4) is 0 Å². The van der Waals surface area contributed by atoms with E-state index in [0.29, 0.717) is 0 Å². The highest BCUT2D eigenvalue weighted by Crippen LogP contribution is 0.861. The Labute approximate surface area is 53.7 Å². The van der Waals surface area contributed by atoms with Crippen molar-refractivity contribution in [2.75, 3.05) is 0 Å². The first-order valence-electron chi connectivity index (χ1n) is 0. The molecule has 0 aromatic carbocycles. The third-order valence-electron chi connectivity index (χ3n) is 0. The Morgan fingerprint density at radius 3 is 0.200 bits per heavy atom. The lowest BCUT2D eigenvalue weighted by molar-refractivity contribution is 1.11. The predicted molar refractivity (Wildman–Crippen MR) is 33.6 cm³/mol. The van der Waals surface area contributed by atoms with E-state index in [2.05, 4.69) is 0 Å². The maximum Gasteiger partial charge on any atom is -0.153 e. The Morgan fingerprint density at radius 2 is 0.200 bits per heavy atom. The van der Waals surface area contributed by atoms with E-state index >= 15 is 0 Å². The number of halogens is 9. The average molecular weight is 214 g/mol. The first-order chi connectivity index (χ1) is 0. The summed E-state index contributed by atoms with van der Waals surface area (Å²) in [5.41, 5.74) is 0. The lowest BCUT2D eigenvalue weighted by Gasteiger charge is -0.270. The fourth-order valence-electron chi connectivity index (χ4n) is 0. The molecule has 0 aliphatic carbocycles. The Balaban J connectivity index is 0. The zero-order valence-electron chi connectivity index (χ0n) is 4.38. The van der Waals surface area contributed by atoms with E-state index in [1.807, 2.05) is 0 Å². The first-order valence-corrected chi connectivity index (χ1v) is 0. The summed E-state index contributed by atoms with van der Waals surface area (Å²) >= 11 is 0. The lowest BCUT2D eigenvalue weighted by Crippen LogP contribution is 0.419. The third-order valence-corrected chi connectivity index (χ3v) is 0. The van der Waals surface area contributed by atoms with Gasteiger partial charge in [0.15, 0.2) is 0 Å². The monoisotopic (exact) mass is 214 g/mol. The molecule has 0 spiro atoms. The van der Waals surface area contributed by atoms with Gasteiger partial charge >= 0.3 is 0 Å². The molecule has 0 aromatic heterocycles. The smallest absolute Gasteiger partial charge is 0.153 e. The zero-order chi connectivity index (χ0) is 0. The summed E-state index contributed by atoms with van der Waals surface area (Å²) in [5.74, 6) is 0. The normalized spacial score (nSPS) is 0. The Hall–Kier alpha value is -0.200. The molecular weight excluding hydrogens is 202 g/mol. The summed E-state index contributed by atoms with van der Waals surface area (Å²) in [4.78, 5) is 0. The fraction of sp³-hybridized carbons (Fsp3) is 0. The minimum Gasteiger partial charge on any atom is -0.269 e. The van der Waals surface area contributed by atoms with Crippen LogP contribution >= 0.6 is 9.90 Å². The molecule has 0 saturated carbocycles. The van der Waals surface area contributed by atoms with Crippen LogP contribution in [-0.4, -0.2) is 0 Å². The first kappa shape index (κ1) is 19000. The topological polar surface area (TPSA) is 0 Å². The van der Waals surface area contributed by atoms with E-state index in [1.54, 1.807) is 0 Å². The second-order valence-electron chi connectivity index (χ2n) is 0. The molecule has 0 aliphatic rings. The standard InChI is InChI=1S/9FH.H3P/h9*1H;1H3. The van der Waals surface area contributed by atoms with Crippen LogP contribution in [0.1, 0.15) is 0 Å². The Kier molecular flexibility index (Phi) is 25400000. The number of hydrogen-bond acceptors (Lipinski definition) is 0. The average Bonchev–Trinajstić information content (AvgIpc) is 0. The van der Waals surface area contributed by atoms with Crippen LogP contribution in [0.15, 0.2) is 0 Å². The molecule has 0 heterocycles. The van der Waals surface area contributed by atoms with E-state index in [1.165, 1.54) is 0 Å². The van der Waals surface area contributed by atoms with Gasteiger partial charge in [0.2, 0.25) is 0 Å². The van der Waals surface area contributed by atoms with Crippen molar-refractivity contribution in [1.82, 2.24) is 0 Å². The van der Waals surface area contributed by atoms with Crippen molar-refractivity contribution in [2.45, 2.75) is 0 Å². The highest BCUT2D eigenvalue weighted by molar-refractivity contribution is 6.92. The summed E-state index contributed by atoms with van der Waals surface area (Å²) in [5, 5.41) is 0. The van der Waals surface area contributed by atoms with Crippen LogP contribution in [0.4, 0.5) is 42.3 Å². The van der Waals surface area contributed by atoms with Gasteiger partial charge in [-0.1, -0.05) is 0 Å². The van der Waals surface area contributed by atoms with Crippen LogP contribution in [0.2, 0.25) is 0 Å². The second-order valence-corrected chi connectivity index (χ2v) is 0. The maximum absolute atomic E-state index is 0. The molecule has 80 valence electrons. The minimum absolute atomic E-state index is 0. The summed E-state index contributed by atoms with van der Waals surface area (Å²) in [6.45, 7) is 0. The zero-order valence-corrected chi connectivity index (χ0v) is 5.80. The maximum atomic E-state index is 0. The molecule has 0 nitrogen and oxygen atoms in total. The van der Waals surface area contributed by atoms with Crippen molar-refractivity contribution in [1.29, 1.82) is 0 Å². The van der Waals surface area contributed by atoms with E-state index in [0.717, 1.165) is 0 Å². The molecule has 1 atom stereocenters. The van der Waals surface area contributed by atoms with Crippen molar-refractivity contribution in [2.24, 2.45) is 0 Å². The van der Waals surface area contributed by atoms with Crippen molar-refractivity contribution in [3.05, 3.63) is 0 Å². The Morgan fingerprint density at radius 1 is 0.200 bits per heavy atom. The molecule has 0 radical (unpaired) electrons. The molecule has 0 N–H and O–H groups in total. The highest BCUT2D eigenvalue weighted by Gasteiger charge is -0.153. The molecular formula is H12F9P. The molecule has 10 heavy (non-hydrogen) atoms. The third kappa shape index (κ3) is 9020. The quantitative estimate of drug-likeness (QED) is 0.422. The van der Waals surface area contributed by atoms with Crippen LogP contribution in [-0.2, 0) is 0 Å². The summed E-state index contributed by atoms with van der Waals surface area (Å²) in [7, 11) is 0. The molecule has 1 unspecified atom stereocenters. The van der Waals surface area contributed by atoms with E-state index in [4.69, 9.17) is 0 Å². The van der Waals surface area contributed by atoms with Crippen molar-refractivity contribution in [3.63, 3.8) is 0 Å². The fourth-order valence-corrected chi connectivity index (χ4v) is 0. The van der Waals surface area contributed by atoms with Gasteiger partial charge in [-0.25, -0.2) is 0 Å². The lowest BCUT2D eigenvalue weighted by atomic mass is 19.0. The summed E-state index contributed by atoms with van der Waals surface area (Å²) < 4.78 is 0. The molecule has 0 saturated heterocycles. The summed E-state index contributed by atoms with van der Waals surface area (Å²) in [6, 6.07) is 0. The van der Waals surface area contributed by atoms with E-state index in [-0.39, 0.29) is 52.2 Å². The van der Waals surface area contributed by atoms with Gasteiger partial charge in [0.1, 0.15) is 0 Å². The van der Waals surface area contributed by atoms with Crippen LogP contribution in [0.5, 0.6) is 0 Å². The summed E-state index contributed by atoms with van der Waals surface area (Å²) in [6.07, 6.45) is 0. The van der Waals surface area contributed by atoms with Crippen molar-refractivity contribution >= 4 is 9.90 Å². The van der Waals surface area contributed by atoms with Gasteiger partial charge in [-0.15, -0.1) is 0 Å². The van der Waals surface area contributed by atoms with Gasteiger partial charge in [0.05, 0.1) is 0 Å². The molecule has 0 bridgehead atoms. The molecule has 10 heteroatoms. The molecule has 0 aromatic rings. The molecule has 0 fully saturated rings. The minimum atomic E-state index is 0. The van der Waals surface area contributed by atoms with Gasteiger partial charge in [-0.3, -0.25) is 42.3 Å². The van der Waals surface area contributed by atoms with E-state index in [9.17, 15) is 0 Å². The van der Waals surface area contributed by atoms with Gasteiger partial charge < -0.3 is 0 Å². The highest BCUT2D eigenvalue weighted by atomic mass is 31.0. The van der Waals surface area contributed by atoms with Crippen LogP contribution < -0.4 is 0 Å². The second kappa shape index (κ2) is 13400. The SMILES string of the molecule is F.F.F.F.F.F.F.F.F.P. The molecule has 0 rings (SSSR count). The van der Waals surface area contributed by atoms with E-state index < -0.39 is 0 Å². The van der Waals surface area contributed by atoms with Gasteiger partial charge in [-0.2, -0.15) is 9.90 Å². The Bertz CT molecular complexity index is 4.69. The van der Waals surface area contributed by atoms with Gasteiger partial charge in [0, 0.05) is 0 Å². The van der Waals surface area contributed by atoms with Crippen LogP contribution in [0.3, 0.4) is 0 Å². The number of hydrogen-bond donors (Lipinski definition) is 0. The molecule has 0 amide bonds. The number of rotatable bonds is 0. The van der Waals surface area contributed by atoms with Gasteiger partial charge in [-0.05, 0) is 0 Å². The largest absolute Gasteiger partial charge is 0.269 e. The predicted octanol–water partition coefficient (Wildman–Crippen LogP) is 1.43. The van der Waals surface area contributed by atoms with Crippen molar-refractivity contribution < 1.29 is 42.3 Å². The van der Waals surface area contributed by atoms with Gasteiger partial charge in [0.25, 0.3) is 0 Å².